The molecule has 0 radical (unpaired) electrons. The smallest absolute Gasteiger partial charge is 0.246 e. The van der Waals surface area contributed by atoms with Crippen molar-refractivity contribution in [3.8, 4) is 0 Å². The van der Waals surface area contributed by atoms with Crippen LogP contribution in [0.15, 0.2) is 72.8 Å². The molecule has 2 atom stereocenters. The Bertz CT molecular complexity index is 956. The number of hydrogen-bond donors (Lipinski definition) is 2. The highest BCUT2D eigenvalue weighted by atomic mass is 35.5. The van der Waals surface area contributed by atoms with Gasteiger partial charge in [-0.1, -0.05) is 66.2 Å². The van der Waals surface area contributed by atoms with Gasteiger partial charge in [0.15, 0.2) is 0 Å². The number of rotatable bonds is 6. The van der Waals surface area contributed by atoms with Crippen molar-refractivity contribution in [3.63, 3.8) is 0 Å². The Kier molecular flexibility index (Phi) is 6.50. The lowest BCUT2D eigenvalue weighted by molar-refractivity contribution is -0.118. The van der Waals surface area contributed by atoms with Crippen LogP contribution in [-0.2, 0) is 4.79 Å². The van der Waals surface area contributed by atoms with Crippen LogP contribution in [0.5, 0.6) is 0 Å². The summed E-state index contributed by atoms with van der Waals surface area (Å²) in [6.45, 7) is 6.05. The van der Waals surface area contributed by atoms with Crippen molar-refractivity contribution in [1.29, 1.82) is 0 Å². The number of amides is 1. The van der Waals surface area contributed by atoms with E-state index in [1.165, 1.54) is 0 Å². The number of aryl methyl sites for hydroxylation is 2. The predicted octanol–water partition coefficient (Wildman–Crippen LogP) is 5.99. The molecule has 0 aliphatic heterocycles. The van der Waals surface area contributed by atoms with Crippen molar-refractivity contribution in [1.82, 2.24) is 5.32 Å². The summed E-state index contributed by atoms with van der Waals surface area (Å²) in [4.78, 5) is 13.2. The van der Waals surface area contributed by atoms with E-state index in [2.05, 4.69) is 10.6 Å². The molecule has 3 aromatic carbocycles. The lowest BCUT2D eigenvalue weighted by atomic mass is 10.0. The third-order valence-electron chi connectivity index (χ3n) is 4.81. The Balaban J connectivity index is 1.86. The third-order valence-corrected chi connectivity index (χ3v) is 5.05. The number of hydrogen-bond acceptors (Lipinski definition) is 2. The number of carbonyl (C=O) groups is 1. The third kappa shape index (κ3) is 5.00. The van der Waals surface area contributed by atoms with Gasteiger partial charge < -0.3 is 5.32 Å². The van der Waals surface area contributed by atoms with Gasteiger partial charge in [0.1, 0.15) is 6.04 Å². The van der Waals surface area contributed by atoms with Crippen LogP contribution in [-0.4, -0.2) is 5.91 Å². The molecule has 0 saturated carbocycles. The lowest BCUT2D eigenvalue weighted by Gasteiger charge is -2.24. The molecular weight excluding hydrogens is 368 g/mol. The summed E-state index contributed by atoms with van der Waals surface area (Å²) in [5, 5.41) is 7.23. The second kappa shape index (κ2) is 9.05. The number of halogens is 1. The normalized spacial score (nSPS) is 13.0. The largest absolute Gasteiger partial charge is 0.324 e. The van der Waals surface area contributed by atoms with Gasteiger partial charge in [-0.3, -0.25) is 10.1 Å². The topological polar surface area (TPSA) is 41.1 Å². The summed E-state index contributed by atoms with van der Waals surface area (Å²) in [6, 6.07) is 23.0. The maximum atomic E-state index is 13.2. The van der Waals surface area contributed by atoms with Crippen molar-refractivity contribution in [3.05, 3.63) is 100 Å². The number of nitrogens with one attached hydrogen (secondary N) is 2. The summed E-state index contributed by atoms with van der Waals surface area (Å²) in [5.74, 6) is -0.0891. The first kappa shape index (κ1) is 20.1. The quantitative estimate of drug-likeness (QED) is 0.541. The highest BCUT2D eigenvalue weighted by Crippen LogP contribution is 2.24. The van der Waals surface area contributed by atoms with Crippen molar-refractivity contribution in [2.75, 3.05) is 5.32 Å². The SMILES string of the molecule is Cc1ccc(C)c(NC(=O)[C@@H](N[C@H](C)c2cccc(Cl)c2)c2ccccc2)c1. The molecule has 0 aliphatic carbocycles. The van der Waals surface area contributed by atoms with Gasteiger partial charge in [0, 0.05) is 16.8 Å². The Morgan fingerprint density at radius 2 is 1.61 bits per heavy atom. The van der Waals surface area contributed by atoms with Crippen LogP contribution in [0.2, 0.25) is 5.02 Å². The molecule has 0 aromatic heterocycles. The second-order valence-electron chi connectivity index (χ2n) is 7.09. The van der Waals surface area contributed by atoms with Crippen LogP contribution in [0, 0.1) is 13.8 Å². The van der Waals surface area contributed by atoms with Gasteiger partial charge in [0.25, 0.3) is 0 Å². The van der Waals surface area contributed by atoms with E-state index < -0.39 is 6.04 Å². The molecule has 0 spiro atoms. The zero-order valence-electron chi connectivity index (χ0n) is 16.4. The zero-order chi connectivity index (χ0) is 20.1. The second-order valence-corrected chi connectivity index (χ2v) is 7.53. The Morgan fingerprint density at radius 3 is 2.32 bits per heavy atom. The van der Waals surface area contributed by atoms with Crippen LogP contribution in [0.1, 0.15) is 41.3 Å². The van der Waals surface area contributed by atoms with Crippen LogP contribution in [0.3, 0.4) is 0 Å². The van der Waals surface area contributed by atoms with E-state index in [9.17, 15) is 4.79 Å². The van der Waals surface area contributed by atoms with Gasteiger partial charge in [-0.15, -0.1) is 0 Å². The minimum absolute atomic E-state index is 0.0479. The average Bonchev–Trinajstić information content (AvgIpc) is 2.69. The van der Waals surface area contributed by atoms with Crippen molar-refractivity contribution < 1.29 is 4.79 Å². The monoisotopic (exact) mass is 392 g/mol. The van der Waals surface area contributed by atoms with Crippen molar-refractivity contribution in [2.24, 2.45) is 0 Å². The molecule has 1 amide bonds. The average molecular weight is 393 g/mol. The summed E-state index contributed by atoms with van der Waals surface area (Å²) in [7, 11) is 0. The first-order chi connectivity index (χ1) is 13.4. The van der Waals surface area contributed by atoms with E-state index in [0.29, 0.717) is 5.02 Å². The standard InChI is InChI=1S/C24H25ClN2O/c1-16-12-13-17(2)22(14-16)27-24(28)23(19-8-5-4-6-9-19)26-18(3)20-10-7-11-21(25)15-20/h4-15,18,23,26H,1-3H3,(H,27,28)/t18-,23+/m1/s1. The van der Waals surface area contributed by atoms with Crippen molar-refractivity contribution >= 4 is 23.2 Å². The van der Waals surface area contributed by atoms with Gasteiger partial charge in [-0.05, 0) is 61.2 Å². The van der Waals surface area contributed by atoms with Crippen LogP contribution in [0.4, 0.5) is 5.69 Å². The van der Waals surface area contributed by atoms with E-state index >= 15 is 0 Å². The van der Waals surface area contributed by atoms with E-state index in [0.717, 1.165) is 27.9 Å². The molecular formula is C24H25ClN2O. The molecule has 0 saturated heterocycles. The number of carbonyl (C=O) groups excluding carboxylic acids is 1. The van der Waals surface area contributed by atoms with Gasteiger partial charge in [-0.25, -0.2) is 0 Å². The molecule has 144 valence electrons. The van der Waals surface area contributed by atoms with E-state index in [1.54, 1.807) is 0 Å². The molecule has 2 N–H and O–H groups in total. The first-order valence-electron chi connectivity index (χ1n) is 9.38. The van der Waals surface area contributed by atoms with Crippen molar-refractivity contribution in [2.45, 2.75) is 32.9 Å². The molecule has 3 aromatic rings. The molecule has 0 bridgehead atoms. The first-order valence-corrected chi connectivity index (χ1v) is 9.76. The van der Waals surface area contributed by atoms with E-state index in [1.807, 2.05) is 93.6 Å². The van der Waals surface area contributed by atoms with Gasteiger partial charge in [0.2, 0.25) is 5.91 Å². The Labute approximate surface area is 171 Å². The molecule has 0 aliphatic rings. The zero-order valence-corrected chi connectivity index (χ0v) is 17.1. The molecule has 28 heavy (non-hydrogen) atoms. The summed E-state index contributed by atoms with van der Waals surface area (Å²) >= 11 is 6.14. The minimum atomic E-state index is -0.491. The molecule has 0 heterocycles. The fraction of sp³-hybridized carbons (Fsp3) is 0.208. The van der Waals surface area contributed by atoms with Crippen LogP contribution >= 0.6 is 11.6 Å². The Hall–Kier alpha value is -2.62. The predicted molar refractivity (Wildman–Crippen MR) is 117 cm³/mol. The summed E-state index contributed by atoms with van der Waals surface area (Å²) in [6.07, 6.45) is 0. The maximum absolute atomic E-state index is 13.2. The number of anilines is 1. The summed E-state index contributed by atoms with van der Waals surface area (Å²) < 4.78 is 0. The molecule has 3 rings (SSSR count). The fourth-order valence-electron chi connectivity index (χ4n) is 3.17. The molecule has 0 unspecified atom stereocenters. The lowest BCUT2D eigenvalue weighted by Crippen LogP contribution is -2.34. The van der Waals surface area contributed by atoms with Gasteiger partial charge >= 0.3 is 0 Å². The number of benzene rings is 3. The maximum Gasteiger partial charge on any atom is 0.246 e. The van der Waals surface area contributed by atoms with Gasteiger partial charge in [0.05, 0.1) is 0 Å². The minimum Gasteiger partial charge on any atom is -0.324 e. The highest BCUT2D eigenvalue weighted by molar-refractivity contribution is 6.30. The fourth-order valence-corrected chi connectivity index (χ4v) is 3.37. The van der Waals surface area contributed by atoms with Crippen LogP contribution in [0.25, 0.3) is 0 Å². The molecule has 3 nitrogen and oxygen atoms in total. The molecule has 0 fully saturated rings. The van der Waals surface area contributed by atoms with Gasteiger partial charge in [-0.2, -0.15) is 0 Å². The van der Waals surface area contributed by atoms with E-state index in [-0.39, 0.29) is 11.9 Å². The molecule has 4 heteroatoms. The van der Waals surface area contributed by atoms with E-state index in [4.69, 9.17) is 11.6 Å². The Morgan fingerprint density at radius 1 is 0.893 bits per heavy atom. The van der Waals surface area contributed by atoms with Crippen LogP contribution < -0.4 is 10.6 Å². The summed E-state index contributed by atoms with van der Waals surface area (Å²) in [5.41, 5.74) is 4.93. The highest BCUT2D eigenvalue weighted by Gasteiger charge is 2.23.